The molecule has 2 N–H and O–H groups in total. The molecular formula is C24H25F3N4O4S. The molecule has 0 saturated heterocycles. The van der Waals surface area contributed by atoms with E-state index in [1.165, 1.54) is 17.6 Å². The number of furan rings is 1. The number of rotatable bonds is 5. The van der Waals surface area contributed by atoms with Gasteiger partial charge in [-0.25, -0.2) is 9.48 Å². The first-order chi connectivity index (χ1) is 17.1. The van der Waals surface area contributed by atoms with Crippen LogP contribution in [0.15, 0.2) is 29.0 Å². The number of nitrogens with zero attached hydrogens (tertiary/aromatic N) is 2. The zero-order valence-electron chi connectivity index (χ0n) is 19.6. The summed E-state index contributed by atoms with van der Waals surface area (Å²) in [5.74, 6) is -0.922. The number of esters is 1. The second-order valence-corrected chi connectivity index (χ2v) is 10.3. The number of alkyl halides is 3. The molecule has 0 bridgehead atoms. The van der Waals surface area contributed by atoms with Crippen LogP contribution in [0, 0.1) is 0 Å². The second-order valence-electron chi connectivity index (χ2n) is 9.18. The van der Waals surface area contributed by atoms with Gasteiger partial charge in [-0.15, -0.1) is 11.3 Å². The Balaban J connectivity index is 1.49. The number of aryl methyl sites for hydroxylation is 1. The van der Waals surface area contributed by atoms with E-state index in [9.17, 15) is 22.8 Å². The third-order valence-corrected chi connectivity index (χ3v) is 7.52. The van der Waals surface area contributed by atoms with Gasteiger partial charge >= 0.3 is 12.1 Å². The summed E-state index contributed by atoms with van der Waals surface area (Å²) in [6, 6.07) is 0.443. The molecule has 3 aromatic heterocycles. The Morgan fingerprint density at radius 3 is 2.78 bits per heavy atom. The van der Waals surface area contributed by atoms with Gasteiger partial charge in [0, 0.05) is 11.3 Å². The number of amides is 1. The summed E-state index contributed by atoms with van der Waals surface area (Å²) in [7, 11) is 0. The van der Waals surface area contributed by atoms with E-state index >= 15 is 0 Å². The summed E-state index contributed by atoms with van der Waals surface area (Å²) in [6.07, 6.45) is 0.631. The van der Waals surface area contributed by atoms with Gasteiger partial charge in [0.2, 0.25) is 0 Å². The van der Waals surface area contributed by atoms with Gasteiger partial charge in [-0.05, 0) is 57.2 Å². The fourth-order valence-electron chi connectivity index (χ4n) is 4.72. The third kappa shape index (κ3) is 4.49. The quantitative estimate of drug-likeness (QED) is 0.405. The topological polar surface area (TPSA) is 98.4 Å². The molecule has 8 nitrogen and oxygen atoms in total. The number of hydrogen-bond acceptors (Lipinski definition) is 7. The first-order valence-electron chi connectivity index (χ1n) is 11.7. The van der Waals surface area contributed by atoms with Crippen molar-refractivity contribution in [2.45, 2.75) is 70.3 Å². The molecule has 0 spiro atoms. The van der Waals surface area contributed by atoms with Crippen LogP contribution in [0.3, 0.4) is 0 Å². The molecule has 5 rings (SSSR count). The van der Waals surface area contributed by atoms with Crippen molar-refractivity contribution in [2.75, 3.05) is 10.6 Å². The highest BCUT2D eigenvalue weighted by molar-refractivity contribution is 7.17. The Kier molecular flexibility index (Phi) is 6.31. The number of ether oxygens (including phenoxy) is 1. The van der Waals surface area contributed by atoms with Gasteiger partial charge in [-0.1, -0.05) is 0 Å². The molecule has 12 heteroatoms. The van der Waals surface area contributed by atoms with E-state index in [2.05, 4.69) is 15.7 Å². The molecule has 0 aromatic carbocycles. The molecule has 2 atom stereocenters. The lowest BCUT2D eigenvalue weighted by molar-refractivity contribution is -0.174. The summed E-state index contributed by atoms with van der Waals surface area (Å²) >= 11 is 1.31. The van der Waals surface area contributed by atoms with Gasteiger partial charge in [-0.2, -0.15) is 18.3 Å². The van der Waals surface area contributed by atoms with Crippen LogP contribution in [0.4, 0.5) is 24.0 Å². The highest BCUT2D eigenvalue weighted by Crippen LogP contribution is 2.45. The van der Waals surface area contributed by atoms with Crippen LogP contribution in [0.25, 0.3) is 0 Å². The maximum absolute atomic E-state index is 13.9. The molecule has 2 aliphatic rings. The predicted molar refractivity (Wildman–Crippen MR) is 126 cm³/mol. The monoisotopic (exact) mass is 522 g/mol. The van der Waals surface area contributed by atoms with E-state index < -0.39 is 30.1 Å². The fourth-order valence-corrected chi connectivity index (χ4v) is 5.99. The number of carbonyl (C=O) groups excluding carboxylic acids is 2. The van der Waals surface area contributed by atoms with Gasteiger partial charge in [0.15, 0.2) is 6.04 Å². The van der Waals surface area contributed by atoms with E-state index in [1.807, 2.05) is 0 Å². The summed E-state index contributed by atoms with van der Waals surface area (Å²) in [4.78, 5) is 27.3. The number of hydrogen-bond donors (Lipinski definition) is 2. The Labute approximate surface area is 208 Å². The van der Waals surface area contributed by atoms with Gasteiger partial charge in [0.25, 0.3) is 5.91 Å². The average molecular weight is 523 g/mol. The molecule has 4 heterocycles. The van der Waals surface area contributed by atoms with Crippen molar-refractivity contribution in [2.24, 2.45) is 0 Å². The van der Waals surface area contributed by atoms with Crippen molar-refractivity contribution in [1.82, 2.24) is 9.78 Å². The summed E-state index contributed by atoms with van der Waals surface area (Å²) < 4.78 is 53.2. The normalized spacial score (nSPS) is 19.4. The van der Waals surface area contributed by atoms with Crippen LogP contribution < -0.4 is 10.6 Å². The Bertz CT molecular complexity index is 1280. The van der Waals surface area contributed by atoms with E-state index in [1.54, 1.807) is 26.0 Å². The van der Waals surface area contributed by atoms with Crippen LogP contribution in [0.1, 0.15) is 82.1 Å². The molecule has 36 heavy (non-hydrogen) atoms. The maximum atomic E-state index is 13.9. The molecular weight excluding hydrogens is 497 g/mol. The summed E-state index contributed by atoms with van der Waals surface area (Å²) in [6.45, 7) is 3.48. The molecule has 0 radical (unpaired) electrons. The molecule has 192 valence electrons. The van der Waals surface area contributed by atoms with Gasteiger partial charge in [-0.3, -0.25) is 4.79 Å². The third-order valence-electron chi connectivity index (χ3n) is 6.31. The standard InChI is InChI=1S/C24H25F3N4O4S/c1-12(2)35-23(33)19-13-6-3-4-8-17(13)36-22(19)30-21(32)14-11-28-31-18(24(25,26)27)10-15(29-20(14)31)16-7-5-9-34-16/h5,7,9,11-12,15,18,29H,3-4,6,8,10H2,1-2H3,(H,30,32)/t15-,18+/m0/s1. The molecule has 1 aliphatic heterocycles. The molecule has 0 unspecified atom stereocenters. The smallest absolute Gasteiger partial charge is 0.410 e. The fraction of sp³-hybridized carbons (Fsp3) is 0.458. The van der Waals surface area contributed by atoms with Crippen molar-refractivity contribution >= 4 is 34.0 Å². The van der Waals surface area contributed by atoms with Gasteiger partial charge in [0.05, 0.1) is 30.2 Å². The van der Waals surface area contributed by atoms with E-state index in [-0.39, 0.29) is 23.9 Å². The molecule has 1 amide bonds. The minimum atomic E-state index is -4.58. The van der Waals surface area contributed by atoms with Crippen molar-refractivity contribution in [3.05, 3.63) is 51.9 Å². The zero-order valence-corrected chi connectivity index (χ0v) is 20.5. The van der Waals surface area contributed by atoms with Crippen LogP contribution in [-0.2, 0) is 17.6 Å². The number of fused-ring (bicyclic) bond motifs is 2. The van der Waals surface area contributed by atoms with Crippen molar-refractivity contribution in [3.63, 3.8) is 0 Å². The minimum Gasteiger partial charge on any atom is -0.467 e. The maximum Gasteiger partial charge on any atom is 0.410 e. The number of anilines is 2. The Morgan fingerprint density at radius 1 is 1.31 bits per heavy atom. The van der Waals surface area contributed by atoms with Gasteiger partial charge < -0.3 is 19.8 Å². The van der Waals surface area contributed by atoms with Crippen molar-refractivity contribution in [3.8, 4) is 0 Å². The lowest BCUT2D eigenvalue weighted by atomic mass is 9.95. The number of aromatic nitrogens is 2. The van der Waals surface area contributed by atoms with Crippen molar-refractivity contribution < 1.29 is 31.9 Å². The predicted octanol–water partition coefficient (Wildman–Crippen LogP) is 5.89. The van der Waals surface area contributed by atoms with E-state index in [0.717, 1.165) is 40.6 Å². The zero-order chi connectivity index (χ0) is 25.6. The number of halogens is 3. The SMILES string of the molecule is CC(C)OC(=O)c1c(NC(=O)c2cnn3c2N[C@H](c2ccco2)C[C@@H]3C(F)(F)F)sc2c1CCCC2. The first kappa shape index (κ1) is 24.4. The van der Waals surface area contributed by atoms with Crippen LogP contribution in [-0.4, -0.2) is 33.9 Å². The Morgan fingerprint density at radius 2 is 2.08 bits per heavy atom. The summed E-state index contributed by atoms with van der Waals surface area (Å²) in [5.41, 5.74) is 1.14. The van der Waals surface area contributed by atoms with Crippen LogP contribution in [0.5, 0.6) is 0 Å². The molecule has 0 fully saturated rings. The first-order valence-corrected chi connectivity index (χ1v) is 12.6. The van der Waals surface area contributed by atoms with Crippen LogP contribution in [0.2, 0.25) is 0 Å². The molecule has 0 saturated carbocycles. The summed E-state index contributed by atoms with van der Waals surface area (Å²) in [5, 5.41) is 9.98. The molecule has 3 aromatic rings. The van der Waals surface area contributed by atoms with Crippen molar-refractivity contribution in [1.29, 1.82) is 0 Å². The minimum absolute atomic E-state index is 0.0601. The number of thiophene rings is 1. The van der Waals surface area contributed by atoms with E-state index in [4.69, 9.17) is 9.15 Å². The van der Waals surface area contributed by atoms with E-state index in [0.29, 0.717) is 22.7 Å². The molecule has 1 aliphatic carbocycles. The number of nitrogens with one attached hydrogen (secondary N) is 2. The average Bonchev–Trinajstić information content (AvgIpc) is 3.55. The second kappa shape index (κ2) is 9.30. The highest BCUT2D eigenvalue weighted by atomic mass is 32.1. The Hall–Kier alpha value is -3.28. The lowest BCUT2D eigenvalue weighted by Gasteiger charge is -2.32. The number of carbonyl (C=O) groups is 2. The van der Waals surface area contributed by atoms with Crippen LogP contribution >= 0.6 is 11.3 Å². The lowest BCUT2D eigenvalue weighted by Crippen LogP contribution is -2.36. The van der Waals surface area contributed by atoms with Gasteiger partial charge in [0.1, 0.15) is 22.1 Å². The highest BCUT2D eigenvalue weighted by Gasteiger charge is 2.48. The largest absolute Gasteiger partial charge is 0.467 e.